The Morgan fingerprint density at radius 2 is 1.94 bits per heavy atom. The highest BCUT2D eigenvalue weighted by atomic mass is 79.9. The zero-order valence-electron chi connectivity index (χ0n) is 19.0. The van der Waals surface area contributed by atoms with E-state index in [0.717, 1.165) is 54.9 Å². The Morgan fingerprint density at radius 3 is 2.66 bits per heavy atom. The van der Waals surface area contributed by atoms with E-state index in [1.54, 1.807) is 7.11 Å². The Labute approximate surface area is 198 Å². The second-order valence-corrected chi connectivity index (χ2v) is 9.33. The van der Waals surface area contributed by atoms with E-state index in [0.29, 0.717) is 0 Å². The first-order valence-corrected chi connectivity index (χ1v) is 12.0. The predicted molar refractivity (Wildman–Crippen MR) is 130 cm³/mol. The lowest BCUT2D eigenvalue weighted by atomic mass is 9.84. The van der Waals surface area contributed by atoms with Crippen LogP contribution in [-0.4, -0.2) is 40.4 Å². The maximum atomic E-state index is 5.43. The van der Waals surface area contributed by atoms with E-state index < -0.39 is 0 Å². The molecule has 3 aromatic rings. The fourth-order valence-corrected chi connectivity index (χ4v) is 4.99. The van der Waals surface area contributed by atoms with Gasteiger partial charge in [0, 0.05) is 41.9 Å². The van der Waals surface area contributed by atoms with Crippen LogP contribution in [0.2, 0.25) is 0 Å². The minimum atomic E-state index is -0.296. The smallest absolute Gasteiger partial charge is 0.171 e. The molecule has 1 aliphatic rings. The zero-order valence-corrected chi connectivity index (χ0v) is 20.5. The van der Waals surface area contributed by atoms with Crippen molar-refractivity contribution in [3.05, 3.63) is 64.4 Å². The van der Waals surface area contributed by atoms with Crippen LogP contribution in [-0.2, 0) is 12.1 Å². The molecule has 0 spiro atoms. The average Bonchev–Trinajstić information content (AvgIpc) is 3.29. The molecule has 1 atom stereocenters. The largest absolute Gasteiger partial charge is 0.497 e. The summed E-state index contributed by atoms with van der Waals surface area (Å²) < 4.78 is 8.49. The summed E-state index contributed by atoms with van der Waals surface area (Å²) in [6.07, 6.45) is 2.81. The quantitative estimate of drug-likeness (QED) is 0.485. The van der Waals surface area contributed by atoms with Gasteiger partial charge in [0.25, 0.3) is 0 Å². The van der Waals surface area contributed by atoms with Crippen molar-refractivity contribution in [2.45, 2.75) is 51.2 Å². The van der Waals surface area contributed by atoms with Crippen molar-refractivity contribution < 1.29 is 4.74 Å². The third kappa shape index (κ3) is 4.81. The summed E-state index contributed by atoms with van der Waals surface area (Å²) in [7, 11) is 1.71. The van der Waals surface area contributed by atoms with E-state index in [1.807, 2.05) is 16.8 Å². The third-order valence-electron chi connectivity index (χ3n) is 6.27. The molecule has 0 amide bonds. The van der Waals surface area contributed by atoms with E-state index in [9.17, 15) is 0 Å². The fraction of sp³-hybridized carbons (Fsp3) is 0.458. The van der Waals surface area contributed by atoms with Crippen molar-refractivity contribution in [1.82, 2.24) is 25.5 Å². The topological polar surface area (TPSA) is 68.1 Å². The Morgan fingerprint density at radius 1 is 1.16 bits per heavy atom. The van der Waals surface area contributed by atoms with Crippen molar-refractivity contribution in [2.24, 2.45) is 0 Å². The number of rotatable bonds is 8. The van der Waals surface area contributed by atoms with Crippen LogP contribution in [0.15, 0.2) is 53.0 Å². The monoisotopic (exact) mass is 498 g/mol. The Kier molecular flexibility index (Phi) is 7.10. The number of methoxy groups -OCH3 is 1. The van der Waals surface area contributed by atoms with Crippen LogP contribution in [0.5, 0.6) is 5.75 Å². The molecular formula is C24H31BrN6O. The number of aryl methyl sites for hydroxylation is 1. The van der Waals surface area contributed by atoms with Crippen LogP contribution in [0, 0.1) is 0 Å². The number of tetrazole rings is 1. The fourth-order valence-electron chi connectivity index (χ4n) is 4.57. The molecule has 0 saturated carbocycles. The molecule has 7 nitrogen and oxygen atoms in total. The molecule has 1 aliphatic heterocycles. The number of benzene rings is 2. The van der Waals surface area contributed by atoms with E-state index >= 15 is 0 Å². The zero-order chi connectivity index (χ0) is 22.6. The maximum absolute atomic E-state index is 5.43. The third-order valence-corrected chi connectivity index (χ3v) is 6.77. The van der Waals surface area contributed by atoms with Crippen molar-refractivity contribution in [3.8, 4) is 5.75 Å². The Balaban J connectivity index is 1.61. The molecule has 0 aliphatic carbocycles. The van der Waals surface area contributed by atoms with Crippen LogP contribution >= 0.6 is 15.9 Å². The van der Waals surface area contributed by atoms with E-state index in [1.165, 1.54) is 11.3 Å². The Bertz CT molecular complexity index is 1030. The van der Waals surface area contributed by atoms with Gasteiger partial charge in [0.2, 0.25) is 0 Å². The van der Waals surface area contributed by atoms with E-state index in [4.69, 9.17) is 4.74 Å². The van der Waals surface area contributed by atoms with Crippen LogP contribution < -0.4 is 15.0 Å². The average molecular weight is 499 g/mol. The molecule has 1 fully saturated rings. The number of nitrogens with zero attached hydrogens (tertiary/aromatic N) is 5. The Hall–Kier alpha value is -2.45. The first kappa shape index (κ1) is 22.7. The summed E-state index contributed by atoms with van der Waals surface area (Å²) >= 11 is 3.60. The molecule has 1 saturated heterocycles. The van der Waals surface area contributed by atoms with Crippen molar-refractivity contribution in [2.75, 3.05) is 25.1 Å². The number of aromatic nitrogens is 4. The van der Waals surface area contributed by atoms with Crippen molar-refractivity contribution in [3.63, 3.8) is 0 Å². The first-order chi connectivity index (χ1) is 15.5. The van der Waals surface area contributed by atoms with Gasteiger partial charge < -0.3 is 9.64 Å². The molecular weight excluding hydrogens is 468 g/mol. The molecule has 0 unspecified atom stereocenters. The number of ether oxygens (including phenoxy) is 1. The lowest BCUT2D eigenvalue weighted by molar-refractivity contribution is 0.214. The van der Waals surface area contributed by atoms with Gasteiger partial charge in [-0.1, -0.05) is 41.1 Å². The summed E-state index contributed by atoms with van der Waals surface area (Å²) in [6.45, 7) is 7.00. The normalized spacial score (nSPS) is 16.7. The maximum Gasteiger partial charge on any atom is 0.171 e. The van der Waals surface area contributed by atoms with Crippen molar-refractivity contribution >= 4 is 21.6 Å². The highest BCUT2D eigenvalue weighted by Gasteiger charge is 2.41. The molecule has 0 bridgehead atoms. The summed E-state index contributed by atoms with van der Waals surface area (Å²) in [4.78, 5) is 2.42. The van der Waals surface area contributed by atoms with Gasteiger partial charge in [0.1, 0.15) is 5.75 Å². The van der Waals surface area contributed by atoms with E-state index in [-0.39, 0.29) is 11.6 Å². The number of halogens is 1. The van der Waals surface area contributed by atoms with Gasteiger partial charge in [-0.3, -0.25) is 5.32 Å². The lowest BCUT2D eigenvalue weighted by Crippen LogP contribution is -2.53. The summed E-state index contributed by atoms with van der Waals surface area (Å²) in [5.74, 6) is 1.82. The highest BCUT2D eigenvalue weighted by molar-refractivity contribution is 9.10. The molecule has 2 aromatic carbocycles. The van der Waals surface area contributed by atoms with Gasteiger partial charge >= 0.3 is 0 Å². The predicted octanol–water partition coefficient (Wildman–Crippen LogP) is 4.70. The second kappa shape index (κ2) is 10.0. The summed E-state index contributed by atoms with van der Waals surface area (Å²) in [5.41, 5.74) is 2.13. The number of piperidine rings is 1. The molecule has 170 valence electrons. The highest BCUT2D eigenvalue weighted by Crippen LogP contribution is 2.36. The SMILES string of the molecule is CCCn1nnnc1C1(N[C@H](C)c2cccc(Br)c2)CCN(c2cccc(OC)c2)CC1. The molecule has 1 aromatic heterocycles. The number of anilines is 1. The minimum Gasteiger partial charge on any atom is -0.497 e. The number of nitrogens with one attached hydrogen (secondary N) is 1. The van der Waals surface area contributed by atoms with Crippen LogP contribution in [0.4, 0.5) is 5.69 Å². The number of hydrogen-bond donors (Lipinski definition) is 1. The molecule has 0 radical (unpaired) electrons. The summed E-state index contributed by atoms with van der Waals surface area (Å²) in [5, 5.41) is 16.8. The van der Waals surface area contributed by atoms with Gasteiger partial charge in [-0.05, 0) is 66.4 Å². The molecule has 8 heteroatoms. The van der Waals surface area contributed by atoms with Crippen LogP contribution in [0.3, 0.4) is 0 Å². The molecule has 2 heterocycles. The van der Waals surface area contributed by atoms with Crippen molar-refractivity contribution in [1.29, 1.82) is 0 Å². The van der Waals surface area contributed by atoms with Gasteiger partial charge in [0.05, 0.1) is 12.6 Å². The molecule has 4 rings (SSSR count). The van der Waals surface area contributed by atoms with Gasteiger partial charge in [0.15, 0.2) is 5.82 Å². The van der Waals surface area contributed by atoms with Gasteiger partial charge in [-0.25, -0.2) is 4.68 Å². The first-order valence-electron chi connectivity index (χ1n) is 11.2. The molecule has 32 heavy (non-hydrogen) atoms. The van der Waals surface area contributed by atoms with Gasteiger partial charge in [-0.2, -0.15) is 0 Å². The molecule has 1 N–H and O–H groups in total. The lowest BCUT2D eigenvalue weighted by Gasteiger charge is -2.44. The minimum absolute atomic E-state index is 0.155. The van der Waals surface area contributed by atoms with Crippen LogP contribution in [0.1, 0.15) is 50.5 Å². The second-order valence-electron chi connectivity index (χ2n) is 8.42. The van der Waals surface area contributed by atoms with E-state index in [2.05, 4.69) is 91.9 Å². The standard InChI is InChI=1S/C24H31BrN6O/c1-4-13-31-23(27-28-29-31)24(26-18(2)19-7-5-8-20(25)16-19)11-14-30(15-12-24)21-9-6-10-22(17-21)32-3/h5-10,16-18,26H,4,11-15H2,1-3H3/t18-/m1/s1. The summed E-state index contributed by atoms with van der Waals surface area (Å²) in [6, 6.07) is 16.9. The van der Waals surface area contributed by atoms with Gasteiger partial charge in [-0.15, -0.1) is 5.10 Å². The number of hydrogen-bond acceptors (Lipinski definition) is 6. The van der Waals surface area contributed by atoms with Crippen LogP contribution in [0.25, 0.3) is 0 Å².